The van der Waals surface area contributed by atoms with Crippen LogP contribution < -0.4 is 4.90 Å². The Kier molecular flexibility index (Phi) is 4.60. The average Bonchev–Trinajstić information content (AvgIpc) is 2.74. The van der Waals surface area contributed by atoms with Crippen molar-refractivity contribution in [3.63, 3.8) is 0 Å². The topological polar surface area (TPSA) is 81.3 Å². The first-order valence-corrected chi connectivity index (χ1v) is 8.18. The molecule has 0 amide bonds. The SMILES string of the molecule is Cc1nn(C)c(N(C)Cc2ccc([S@](C)=O)cc2)c1[N+](=O)[O-]. The highest BCUT2D eigenvalue weighted by molar-refractivity contribution is 7.84. The Labute approximate surface area is 131 Å². The Morgan fingerprint density at radius 3 is 2.45 bits per heavy atom. The van der Waals surface area contributed by atoms with Gasteiger partial charge in [-0.2, -0.15) is 5.10 Å². The molecule has 0 saturated carbocycles. The van der Waals surface area contributed by atoms with E-state index >= 15 is 0 Å². The summed E-state index contributed by atoms with van der Waals surface area (Å²) in [5.41, 5.74) is 1.40. The van der Waals surface area contributed by atoms with Gasteiger partial charge in [-0.3, -0.25) is 14.3 Å². The third-order valence-electron chi connectivity index (χ3n) is 3.38. The molecule has 0 saturated heterocycles. The summed E-state index contributed by atoms with van der Waals surface area (Å²) in [7, 11) is 2.46. The van der Waals surface area contributed by atoms with Crippen LogP contribution in [-0.4, -0.2) is 32.2 Å². The number of aryl methyl sites for hydroxylation is 2. The molecular formula is C14H18N4O3S. The van der Waals surface area contributed by atoms with E-state index in [1.807, 2.05) is 24.3 Å². The Balaban J connectivity index is 2.27. The maximum absolute atomic E-state index is 11.4. The molecule has 0 aliphatic carbocycles. The molecule has 0 fully saturated rings. The Morgan fingerprint density at radius 2 is 1.95 bits per heavy atom. The van der Waals surface area contributed by atoms with Gasteiger partial charge in [0.25, 0.3) is 0 Å². The predicted octanol–water partition coefficient (Wildman–Crippen LogP) is 2.01. The van der Waals surface area contributed by atoms with Gasteiger partial charge in [0.2, 0.25) is 5.82 Å². The minimum atomic E-state index is -1.01. The van der Waals surface area contributed by atoms with Gasteiger partial charge < -0.3 is 4.90 Å². The first kappa shape index (κ1) is 16.2. The number of nitrogens with zero attached hydrogens (tertiary/aromatic N) is 4. The molecule has 1 aromatic carbocycles. The second-order valence-electron chi connectivity index (χ2n) is 5.09. The fraction of sp³-hybridized carbons (Fsp3) is 0.357. The molecule has 1 atom stereocenters. The van der Waals surface area contributed by atoms with E-state index in [-0.39, 0.29) is 5.69 Å². The van der Waals surface area contributed by atoms with Crippen molar-refractivity contribution in [3.05, 3.63) is 45.6 Å². The molecule has 0 aliphatic rings. The lowest BCUT2D eigenvalue weighted by atomic mass is 10.2. The first-order chi connectivity index (χ1) is 10.3. The fourth-order valence-electron chi connectivity index (χ4n) is 2.41. The van der Waals surface area contributed by atoms with Crippen molar-refractivity contribution < 1.29 is 9.13 Å². The highest BCUT2D eigenvalue weighted by atomic mass is 32.2. The number of anilines is 1. The van der Waals surface area contributed by atoms with Crippen molar-refractivity contribution in [3.8, 4) is 0 Å². The summed E-state index contributed by atoms with van der Waals surface area (Å²) in [6.07, 6.45) is 1.63. The summed E-state index contributed by atoms with van der Waals surface area (Å²) < 4.78 is 12.9. The van der Waals surface area contributed by atoms with Gasteiger partial charge in [0, 0.05) is 42.6 Å². The van der Waals surface area contributed by atoms with Gasteiger partial charge in [-0.05, 0) is 24.6 Å². The van der Waals surface area contributed by atoms with Crippen LogP contribution in [0.15, 0.2) is 29.2 Å². The van der Waals surface area contributed by atoms with E-state index in [4.69, 9.17) is 0 Å². The summed E-state index contributed by atoms with van der Waals surface area (Å²) in [6, 6.07) is 7.37. The van der Waals surface area contributed by atoms with Crippen LogP contribution in [0.25, 0.3) is 0 Å². The minimum absolute atomic E-state index is 0.0243. The number of hydrogen-bond donors (Lipinski definition) is 0. The summed E-state index contributed by atoms with van der Waals surface area (Å²) in [5, 5.41) is 15.3. The van der Waals surface area contributed by atoms with Gasteiger partial charge in [-0.15, -0.1) is 0 Å². The zero-order chi connectivity index (χ0) is 16.4. The largest absolute Gasteiger partial charge is 0.350 e. The smallest absolute Gasteiger partial charge is 0.333 e. The predicted molar refractivity (Wildman–Crippen MR) is 85.5 cm³/mol. The van der Waals surface area contributed by atoms with Crippen LogP contribution in [0.3, 0.4) is 0 Å². The van der Waals surface area contributed by atoms with E-state index in [0.717, 1.165) is 10.5 Å². The van der Waals surface area contributed by atoms with Crippen molar-refractivity contribution in [1.82, 2.24) is 9.78 Å². The molecule has 0 N–H and O–H groups in total. The van der Waals surface area contributed by atoms with Crippen LogP contribution in [-0.2, 0) is 24.4 Å². The lowest BCUT2D eigenvalue weighted by Crippen LogP contribution is -2.20. The number of hydrogen-bond acceptors (Lipinski definition) is 5. The standard InChI is InChI=1S/C14H18N4O3S/c1-10-13(18(19)20)14(17(3)15-10)16(2)9-11-5-7-12(8-6-11)22(4)21/h5-8H,9H2,1-4H3/t22-/m0/s1. The molecule has 1 aromatic heterocycles. The van der Waals surface area contributed by atoms with Crippen LogP contribution >= 0.6 is 0 Å². The van der Waals surface area contributed by atoms with E-state index in [1.165, 1.54) is 4.68 Å². The third-order valence-corrected chi connectivity index (χ3v) is 4.32. The molecule has 2 rings (SSSR count). The van der Waals surface area contributed by atoms with Gasteiger partial charge >= 0.3 is 5.69 Å². The summed E-state index contributed by atoms with van der Waals surface area (Å²) >= 11 is 0. The quantitative estimate of drug-likeness (QED) is 0.621. The molecule has 1 heterocycles. The van der Waals surface area contributed by atoms with Crippen molar-refractivity contribution in [2.45, 2.75) is 18.4 Å². The number of aromatic nitrogens is 2. The zero-order valence-electron chi connectivity index (χ0n) is 12.9. The van der Waals surface area contributed by atoms with E-state index < -0.39 is 15.7 Å². The summed E-state index contributed by atoms with van der Waals surface area (Å²) in [5.74, 6) is 0.464. The Morgan fingerprint density at radius 1 is 1.36 bits per heavy atom. The van der Waals surface area contributed by atoms with Crippen LogP contribution in [0.1, 0.15) is 11.3 Å². The maximum Gasteiger partial charge on any atom is 0.333 e. The van der Waals surface area contributed by atoms with Gasteiger partial charge in [-0.1, -0.05) is 12.1 Å². The van der Waals surface area contributed by atoms with Gasteiger partial charge in [0.15, 0.2) is 0 Å². The maximum atomic E-state index is 11.4. The number of benzene rings is 1. The molecule has 22 heavy (non-hydrogen) atoms. The van der Waals surface area contributed by atoms with Gasteiger partial charge in [-0.25, -0.2) is 4.68 Å². The summed E-state index contributed by atoms with van der Waals surface area (Å²) in [6.45, 7) is 2.12. The highest BCUT2D eigenvalue weighted by Gasteiger charge is 2.26. The van der Waals surface area contributed by atoms with Crippen molar-refractivity contribution >= 4 is 22.3 Å². The van der Waals surface area contributed by atoms with Crippen molar-refractivity contribution in [2.75, 3.05) is 18.2 Å². The molecule has 118 valence electrons. The molecule has 8 heteroatoms. The molecule has 0 spiro atoms. The second kappa shape index (κ2) is 6.27. The van der Waals surface area contributed by atoms with Crippen LogP contribution in [0.4, 0.5) is 11.5 Å². The normalized spacial score (nSPS) is 12.2. The lowest BCUT2D eigenvalue weighted by molar-refractivity contribution is -0.384. The van der Waals surface area contributed by atoms with E-state index in [1.54, 1.807) is 32.2 Å². The molecule has 0 unspecified atom stereocenters. The lowest BCUT2D eigenvalue weighted by Gasteiger charge is -2.18. The molecule has 0 radical (unpaired) electrons. The molecule has 0 aliphatic heterocycles. The number of rotatable bonds is 5. The second-order valence-corrected chi connectivity index (χ2v) is 6.47. The van der Waals surface area contributed by atoms with E-state index in [0.29, 0.717) is 18.1 Å². The van der Waals surface area contributed by atoms with Crippen molar-refractivity contribution in [2.24, 2.45) is 7.05 Å². The average molecular weight is 322 g/mol. The third kappa shape index (κ3) is 3.16. The van der Waals surface area contributed by atoms with Crippen LogP contribution in [0, 0.1) is 17.0 Å². The molecule has 2 aromatic rings. The molecule has 0 bridgehead atoms. The number of nitro groups is 1. The van der Waals surface area contributed by atoms with Gasteiger partial charge in [0.1, 0.15) is 5.69 Å². The first-order valence-electron chi connectivity index (χ1n) is 6.62. The van der Waals surface area contributed by atoms with E-state index in [2.05, 4.69) is 5.10 Å². The highest BCUT2D eigenvalue weighted by Crippen LogP contribution is 2.30. The minimum Gasteiger partial charge on any atom is -0.350 e. The molecular weight excluding hydrogens is 304 g/mol. The van der Waals surface area contributed by atoms with Crippen molar-refractivity contribution in [1.29, 1.82) is 0 Å². The van der Waals surface area contributed by atoms with Gasteiger partial charge in [0.05, 0.1) is 4.92 Å². The van der Waals surface area contributed by atoms with E-state index in [9.17, 15) is 14.3 Å². The zero-order valence-corrected chi connectivity index (χ0v) is 13.8. The van der Waals surface area contributed by atoms with Crippen LogP contribution in [0.5, 0.6) is 0 Å². The van der Waals surface area contributed by atoms with Crippen LogP contribution in [0.2, 0.25) is 0 Å². The Bertz CT molecular complexity index is 724. The summed E-state index contributed by atoms with van der Waals surface area (Å²) in [4.78, 5) is 13.4. The monoisotopic (exact) mass is 322 g/mol. The Hall–Kier alpha value is -2.22. The fourth-order valence-corrected chi connectivity index (χ4v) is 2.93. The molecule has 7 nitrogen and oxygen atoms in total.